The molecular formula is C13H15N3O5. The van der Waals surface area contributed by atoms with Crippen molar-refractivity contribution >= 4 is 23.4 Å². The Morgan fingerprint density at radius 3 is 2.48 bits per heavy atom. The van der Waals surface area contributed by atoms with Crippen molar-refractivity contribution in [2.75, 3.05) is 24.4 Å². The SMILES string of the molecule is COC(=O)N(C)c1ccc(NC(=O)C2CC2[N+](=O)[O-])cc1. The highest BCUT2D eigenvalue weighted by atomic mass is 16.6. The van der Waals surface area contributed by atoms with Crippen LogP contribution in [0.4, 0.5) is 16.2 Å². The molecule has 0 saturated heterocycles. The highest BCUT2D eigenvalue weighted by molar-refractivity contribution is 5.95. The minimum Gasteiger partial charge on any atom is -0.452 e. The van der Waals surface area contributed by atoms with Gasteiger partial charge in [-0.2, -0.15) is 0 Å². The molecule has 0 spiro atoms. The van der Waals surface area contributed by atoms with Crippen LogP contribution in [0, 0.1) is 16.0 Å². The van der Waals surface area contributed by atoms with Gasteiger partial charge >= 0.3 is 6.09 Å². The summed E-state index contributed by atoms with van der Waals surface area (Å²) in [6, 6.07) is 5.76. The number of hydrogen-bond donors (Lipinski definition) is 1. The van der Waals surface area contributed by atoms with E-state index in [0.717, 1.165) is 0 Å². The largest absolute Gasteiger partial charge is 0.452 e. The molecular weight excluding hydrogens is 278 g/mol. The standard InChI is InChI=1S/C13H15N3O5/c1-15(13(18)21-2)9-5-3-8(4-6-9)14-12(17)10-7-11(10)16(19)20/h3-6,10-11H,7H2,1-2H3,(H,14,17). The number of anilines is 2. The quantitative estimate of drug-likeness (QED) is 0.669. The zero-order valence-electron chi connectivity index (χ0n) is 11.6. The van der Waals surface area contributed by atoms with E-state index in [1.54, 1.807) is 31.3 Å². The van der Waals surface area contributed by atoms with Crippen LogP contribution in [0.3, 0.4) is 0 Å². The molecule has 1 saturated carbocycles. The fourth-order valence-corrected chi connectivity index (χ4v) is 1.94. The Morgan fingerprint density at radius 1 is 1.38 bits per heavy atom. The average molecular weight is 293 g/mol. The molecule has 112 valence electrons. The summed E-state index contributed by atoms with van der Waals surface area (Å²) in [4.78, 5) is 34.5. The van der Waals surface area contributed by atoms with Crippen molar-refractivity contribution < 1.29 is 19.2 Å². The number of ether oxygens (including phenoxy) is 1. The number of benzene rings is 1. The van der Waals surface area contributed by atoms with E-state index in [1.165, 1.54) is 12.0 Å². The zero-order chi connectivity index (χ0) is 15.6. The van der Waals surface area contributed by atoms with E-state index in [2.05, 4.69) is 10.1 Å². The lowest BCUT2D eigenvalue weighted by atomic mass is 10.2. The van der Waals surface area contributed by atoms with E-state index in [4.69, 9.17) is 0 Å². The Hall–Kier alpha value is -2.64. The molecule has 8 heteroatoms. The Kier molecular flexibility index (Phi) is 4.06. The number of carbonyl (C=O) groups excluding carboxylic acids is 2. The molecule has 1 fully saturated rings. The van der Waals surface area contributed by atoms with E-state index in [-0.39, 0.29) is 12.3 Å². The number of nitrogens with one attached hydrogen (secondary N) is 1. The van der Waals surface area contributed by atoms with Crippen molar-refractivity contribution in [1.82, 2.24) is 0 Å². The molecule has 0 aromatic heterocycles. The number of carbonyl (C=O) groups is 2. The second kappa shape index (κ2) is 5.78. The first-order chi connectivity index (χ1) is 9.93. The molecule has 2 amide bonds. The molecule has 21 heavy (non-hydrogen) atoms. The summed E-state index contributed by atoms with van der Waals surface area (Å²) < 4.78 is 4.59. The van der Waals surface area contributed by atoms with E-state index < -0.39 is 23.0 Å². The molecule has 1 aromatic carbocycles. The summed E-state index contributed by atoms with van der Waals surface area (Å²) in [7, 11) is 2.85. The normalized spacial score (nSPS) is 19.5. The average Bonchev–Trinajstić information content (AvgIpc) is 3.27. The number of nitro groups is 1. The molecule has 1 aromatic rings. The number of amides is 2. The van der Waals surface area contributed by atoms with Crippen molar-refractivity contribution in [3.63, 3.8) is 0 Å². The van der Waals surface area contributed by atoms with Gasteiger partial charge in [0, 0.05) is 29.8 Å². The van der Waals surface area contributed by atoms with Gasteiger partial charge in [0.15, 0.2) is 0 Å². The molecule has 1 aliphatic rings. The van der Waals surface area contributed by atoms with Gasteiger partial charge in [0.1, 0.15) is 5.92 Å². The number of methoxy groups -OCH3 is 1. The van der Waals surface area contributed by atoms with Crippen molar-refractivity contribution in [3.05, 3.63) is 34.4 Å². The van der Waals surface area contributed by atoms with Gasteiger partial charge in [0.2, 0.25) is 11.9 Å². The summed E-state index contributed by atoms with van der Waals surface area (Å²) in [5, 5.41) is 13.1. The second-order valence-electron chi connectivity index (χ2n) is 4.76. The van der Waals surface area contributed by atoms with Crippen LogP contribution in [0.25, 0.3) is 0 Å². The monoisotopic (exact) mass is 293 g/mol. The predicted octanol–water partition coefficient (Wildman–Crippen LogP) is 1.49. The van der Waals surface area contributed by atoms with Crippen LogP contribution in [0.5, 0.6) is 0 Å². The minimum absolute atomic E-state index is 0.280. The molecule has 0 bridgehead atoms. The number of nitrogens with zero attached hydrogens (tertiary/aromatic N) is 2. The maximum Gasteiger partial charge on any atom is 0.413 e. The maximum atomic E-state index is 11.8. The predicted molar refractivity (Wildman–Crippen MR) is 74.8 cm³/mol. The molecule has 8 nitrogen and oxygen atoms in total. The Morgan fingerprint density at radius 2 is 2.00 bits per heavy atom. The first-order valence-electron chi connectivity index (χ1n) is 6.30. The Balaban J connectivity index is 1.95. The van der Waals surface area contributed by atoms with Crippen molar-refractivity contribution in [3.8, 4) is 0 Å². The van der Waals surface area contributed by atoms with Crippen molar-refractivity contribution in [1.29, 1.82) is 0 Å². The van der Waals surface area contributed by atoms with Crippen LogP contribution in [-0.4, -0.2) is 37.1 Å². The van der Waals surface area contributed by atoms with Gasteiger partial charge in [-0.05, 0) is 24.3 Å². The van der Waals surface area contributed by atoms with Crippen LogP contribution in [0.15, 0.2) is 24.3 Å². The molecule has 0 radical (unpaired) electrons. The summed E-state index contributed by atoms with van der Waals surface area (Å²) in [6.07, 6.45) is -0.222. The van der Waals surface area contributed by atoms with E-state index >= 15 is 0 Å². The molecule has 2 unspecified atom stereocenters. The lowest BCUT2D eigenvalue weighted by Crippen LogP contribution is -2.25. The lowest BCUT2D eigenvalue weighted by Gasteiger charge is -2.15. The fraction of sp³-hybridized carbons (Fsp3) is 0.385. The summed E-state index contributed by atoms with van der Waals surface area (Å²) in [5.74, 6) is -0.914. The van der Waals surface area contributed by atoms with Gasteiger partial charge in [-0.25, -0.2) is 4.79 Å². The van der Waals surface area contributed by atoms with Gasteiger partial charge in [-0.15, -0.1) is 0 Å². The summed E-state index contributed by atoms with van der Waals surface area (Å²) in [6.45, 7) is 0. The first-order valence-corrected chi connectivity index (χ1v) is 6.30. The van der Waals surface area contributed by atoms with Crippen LogP contribution < -0.4 is 10.2 Å². The summed E-state index contributed by atoms with van der Waals surface area (Å²) >= 11 is 0. The van der Waals surface area contributed by atoms with E-state index in [1.807, 2.05) is 0 Å². The minimum atomic E-state index is -0.769. The van der Waals surface area contributed by atoms with Crippen molar-refractivity contribution in [2.24, 2.45) is 5.92 Å². The number of rotatable bonds is 4. The molecule has 2 rings (SSSR count). The van der Waals surface area contributed by atoms with Crippen LogP contribution >= 0.6 is 0 Å². The van der Waals surface area contributed by atoms with Gasteiger partial charge in [0.25, 0.3) is 0 Å². The highest BCUT2D eigenvalue weighted by Crippen LogP contribution is 2.34. The third-order valence-electron chi connectivity index (χ3n) is 3.33. The highest BCUT2D eigenvalue weighted by Gasteiger charge is 2.53. The van der Waals surface area contributed by atoms with Gasteiger partial charge in [0.05, 0.1) is 7.11 Å². The van der Waals surface area contributed by atoms with Gasteiger partial charge < -0.3 is 10.1 Å². The van der Waals surface area contributed by atoms with Crippen LogP contribution in [0.1, 0.15) is 6.42 Å². The smallest absolute Gasteiger partial charge is 0.413 e. The van der Waals surface area contributed by atoms with Crippen LogP contribution in [-0.2, 0) is 9.53 Å². The topological polar surface area (TPSA) is 102 Å². The second-order valence-corrected chi connectivity index (χ2v) is 4.76. The maximum absolute atomic E-state index is 11.8. The first kappa shape index (κ1) is 14.8. The third kappa shape index (κ3) is 3.28. The van der Waals surface area contributed by atoms with Gasteiger partial charge in [-0.3, -0.25) is 19.8 Å². The zero-order valence-corrected chi connectivity index (χ0v) is 11.6. The van der Waals surface area contributed by atoms with Gasteiger partial charge in [-0.1, -0.05) is 0 Å². The Labute approximate surface area is 120 Å². The lowest BCUT2D eigenvalue weighted by molar-refractivity contribution is -0.497. The molecule has 2 atom stereocenters. The molecule has 1 N–H and O–H groups in total. The van der Waals surface area contributed by atoms with Crippen LogP contribution in [0.2, 0.25) is 0 Å². The third-order valence-corrected chi connectivity index (χ3v) is 3.33. The van der Waals surface area contributed by atoms with E-state index in [0.29, 0.717) is 11.4 Å². The number of hydrogen-bond acceptors (Lipinski definition) is 5. The molecule has 0 heterocycles. The fourth-order valence-electron chi connectivity index (χ4n) is 1.94. The van der Waals surface area contributed by atoms with E-state index in [9.17, 15) is 19.7 Å². The molecule has 1 aliphatic carbocycles. The Bertz CT molecular complexity index is 572. The van der Waals surface area contributed by atoms with Crippen molar-refractivity contribution in [2.45, 2.75) is 12.5 Å². The summed E-state index contributed by atoms with van der Waals surface area (Å²) in [5.41, 5.74) is 1.13. The molecule has 0 aliphatic heterocycles.